The summed E-state index contributed by atoms with van der Waals surface area (Å²) >= 11 is 1.33. The Hall–Kier alpha value is -1.10. The quantitative estimate of drug-likeness (QED) is 0.783. The predicted octanol–water partition coefficient (Wildman–Crippen LogP) is 2.42. The minimum atomic E-state index is -1.14. The summed E-state index contributed by atoms with van der Waals surface area (Å²) in [7, 11) is 0. The van der Waals surface area contributed by atoms with Gasteiger partial charge in [-0.25, -0.2) is 14.2 Å². The summed E-state index contributed by atoms with van der Waals surface area (Å²) in [4.78, 5) is 14.5. The minimum Gasteiger partial charge on any atom is -0.478 e. The third-order valence-corrected chi connectivity index (χ3v) is 2.70. The Kier molecular flexibility index (Phi) is 3.88. The Balaban J connectivity index is 2.96. The Labute approximate surface area is 85.4 Å². The van der Waals surface area contributed by atoms with Crippen LogP contribution < -0.4 is 0 Å². The van der Waals surface area contributed by atoms with E-state index in [0.29, 0.717) is 5.03 Å². The molecule has 0 aromatic carbocycles. The van der Waals surface area contributed by atoms with E-state index in [2.05, 4.69) is 4.98 Å². The van der Waals surface area contributed by atoms with E-state index in [0.717, 1.165) is 24.4 Å². The molecule has 1 N–H and O–H groups in total. The first-order valence-electron chi connectivity index (χ1n) is 4.16. The zero-order chi connectivity index (χ0) is 10.6. The largest absolute Gasteiger partial charge is 0.478 e. The monoisotopic (exact) mass is 215 g/mol. The van der Waals surface area contributed by atoms with Gasteiger partial charge in [0.25, 0.3) is 0 Å². The molecule has 3 nitrogen and oxygen atoms in total. The molecule has 76 valence electrons. The highest BCUT2D eigenvalue weighted by Gasteiger charge is 2.12. The molecule has 0 aliphatic rings. The van der Waals surface area contributed by atoms with E-state index in [1.807, 2.05) is 6.92 Å². The number of hydrogen-bond acceptors (Lipinski definition) is 3. The van der Waals surface area contributed by atoms with Crippen molar-refractivity contribution in [3.63, 3.8) is 0 Å². The molecule has 0 atom stereocenters. The molecule has 0 radical (unpaired) electrons. The summed E-state index contributed by atoms with van der Waals surface area (Å²) in [6.45, 7) is 1.98. The van der Waals surface area contributed by atoms with Crippen LogP contribution in [0.25, 0.3) is 0 Å². The lowest BCUT2D eigenvalue weighted by Crippen LogP contribution is -2.02. The Morgan fingerprint density at radius 2 is 2.43 bits per heavy atom. The molecule has 14 heavy (non-hydrogen) atoms. The molecule has 0 bridgehead atoms. The second-order valence-electron chi connectivity index (χ2n) is 2.66. The van der Waals surface area contributed by atoms with Gasteiger partial charge < -0.3 is 5.11 Å². The third-order valence-electron chi connectivity index (χ3n) is 1.49. The van der Waals surface area contributed by atoms with E-state index in [1.165, 1.54) is 11.8 Å². The number of carboxylic acid groups (broad SMARTS) is 1. The molecule has 1 aromatic heterocycles. The molecule has 0 spiro atoms. The molecule has 0 saturated heterocycles. The van der Waals surface area contributed by atoms with Crippen molar-refractivity contribution in [3.05, 3.63) is 23.6 Å². The molecule has 0 aliphatic carbocycles. The number of hydrogen-bond donors (Lipinski definition) is 1. The van der Waals surface area contributed by atoms with E-state index in [-0.39, 0.29) is 5.56 Å². The molecular weight excluding hydrogens is 205 g/mol. The number of aromatic carboxylic acids is 1. The lowest BCUT2D eigenvalue weighted by atomic mass is 10.3. The molecule has 0 amide bonds. The summed E-state index contributed by atoms with van der Waals surface area (Å²) in [6, 6.07) is 0.993. The number of halogens is 1. The van der Waals surface area contributed by atoms with Crippen LogP contribution in [0.2, 0.25) is 0 Å². The molecule has 0 unspecified atom stereocenters. The van der Waals surface area contributed by atoms with Gasteiger partial charge in [0.2, 0.25) is 0 Å². The maximum absolute atomic E-state index is 12.7. The van der Waals surface area contributed by atoms with Crippen LogP contribution in [0.5, 0.6) is 0 Å². The highest BCUT2D eigenvalue weighted by Crippen LogP contribution is 2.21. The standard InChI is InChI=1S/C9H10FNO2S/c1-2-3-14-8-7(9(12)13)4-6(10)5-11-8/h4-5H,2-3H2,1H3,(H,12,13). The van der Waals surface area contributed by atoms with Gasteiger partial charge in [-0.2, -0.15) is 0 Å². The maximum Gasteiger partial charge on any atom is 0.338 e. The van der Waals surface area contributed by atoms with E-state index >= 15 is 0 Å². The Morgan fingerprint density at radius 3 is 3.00 bits per heavy atom. The first-order chi connectivity index (χ1) is 6.65. The second kappa shape index (κ2) is 4.95. The summed E-state index contributed by atoms with van der Waals surface area (Å²) in [5, 5.41) is 9.15. The molecule has 1 heterocycles. The summed E-state index contributed by atoms with van der Waals surface area (Å²) < 4.78 is 12.7. The zero-order valence-corrected chi connectivity index (χ0v) is 8.47. The number of aromatic nitrogens is 1. The topological polar surface area (TPSA) is 50.2 Å². The van der Waals surface area contributed by atoms with Crippen LogP contribution >= 0.6 is 11.8 Å². The van der Waals surface area contributed by atoms with Gasteiger partial charge in [0, 0.05) is 0 Å². The van der Waals surface area contributed by atoms with Gasteiger partial charge in [-0.15, -0.1) is 11.8 Å². The lowest BCUT2D eigenvalue weighted by Gasteiger charge is -2.03. The van der Waals surface area contributed by atoms with Gasteiger partial charge >= 0.3 is 5.97 Å². The van der Waals surface area contributed by atoms with Gasteiger partial charge in [0.05, 0.1) is 11.8 Å². The van der Waals surface area contributed by atoms with Crippen molar-refractivity contribution in [2.45, 2.75) is 18.4 Å². The van der Waals surface area contributed by atoms with Crippen molar-refractivity contribution in [1.82, 2.24) is 4.98 Å². The van der Waals surface area contributed by atoms with Crippen molar-refractivity contribution in [3.8, 4) is 0 Å². The van der Waals surface area contributed by atoms with Crippen LogP contribution in [-0.2, 0) is 0 Å². The number of rotatable bonds is 4. The molecule has 1 aromatic rings. The molecule has 5 heteroatoms. The van der Waals surface area contributed by atoms with Crippen LogP contribution in [0.1, 0.15) is 23.7 Å². The molecule has 1 rings (SSSR count). The van der Waals surface area contributed by atoms with Crippen molar-refractivity contribution in [2.75, 3.05) is 5.75 Å². The first kappa shape index (κ1) is 11.0. The van der Waals surface area contributed by atoms with Crippen molar-refractivity contribution >= 4 is 17.7 Å². The van der Waals surface area contributed by atoms with Gasteiger partial charge in [0.1, 0.15) is 10.8 Å². The van der Waals surface area contributed by atoms with Crippen LogP contribution in [0.3, 0.4) is 0 Å². The summed E-state index contributed by atoms with van der Waals surface area (Å²) in [6.07, 6.45) is 1.95. The van der Waals surface area contributed by atoms with E-state index in [9.17, 15) is 9.18 Å². The highest BCUT2D eigenvalue weighted by molar-refractivity contribution is 7.99. The van der Waals surface area contributed by atoms with Crippen LogP contribution in [0.15, 0.2) is 17.3 Å². The average molecular weight is 215 g/mol. The minimum absolute atomic E-state index is 0.0662. The highest BCUT2D eigenvalue weighted by atomic mass is 32.2. The number of carboxylic acids is 1. The normalized spacial score (nSPS) is 10.1. The fourth-order valence-electron chi connectivity index (χ4n) is 0.894. The number of thioether (sulfide) groups is 1. The summed E-state index contributed by atoms with van der Waals surface area (Å²) in [5.74, 6) is -0.988. The summed E-state index contributed by atoms with van der Waals surface area (Å²) in [5.41, 5.74) is -0.0662. The fourth-order valence-corrected chi connectivity index (χ4v) is 1.72. The van der Waals surface area contributed by atoms with Crippen LogP contribution in [-0.4, -0.2) is 21.8 Å². The SMILES string of the molecule is CCCSc1ncc(F)cc1C(=O)O. The number of pyridine rings is 1. The van der Waals surface area contributed by atoms with E-state index in [4.69, 9.17) is 5.11 Å². The van der Waals surface area contributed by atoms with E-state index < -0.39 is 11.8 Å². The molecule has 0 fully saturated rings. The van der Waals surface area contributed by atoms with Gasteiger partial charge in [-0.3, -0.25) is 0 Å². The Bertz CT molecular complexity index is 344. The van der Waals surface area contributed by atoms with Gasteiger partial charge in [-0.05, 0) is 18.2 Å². The van der Waals surface area contributed by atoms with Gasteiger partial charge in [-0.1, -0.05) is 6.92 Å². The average Bonchev–Trinajstić information content (AvgIpc) is 2.15. The zero-order valence-electron chi connectivity index (χ0n) is 7.66. The number of nitrogens with zero attached hydrogens (tertiary/aromatic N) is 1. The smallest absolute Gasteiger partial charge is 0.338 e. The molecule has 0 saturated carbocycles. The van der Waals surface area contributed by atoms with Crippen LogP contribution in [0, 0.1) is 5.82 Å². The third kappa shape index (κ3) is 2.70. The molecule has 0 aliphatic heterocycles. The van der Waals surface area contributed by atoms with Crippen molar-refractivity contribution in [2.24, 2.45) is 0 Å². The predicted molar refractivity (Wildman–Crippen MR) is 52.2 cm³/mol. The van der Waals surface area contributed by atoms with Crippen molar-refractivity contribution < 1.29 is 14.3 Å². The number of carbonyl (C=O) groups is 1. The van der Waals surface area contributed by atoms with Crippen LogP contribution in [0.4, 0.5) is 4.39 Å². The Morgan fingerprint density at radius 1 is 1.71 bits per heavy atom. The molecular formula is C9H10FNO2S. The first-order valence-corrected chi connectivity index (χ1v) is 5.15. The lowest BCUT2D eigenvalue weighted by molar-refractivity contribution is 0.0691. The fraction of sp³-hybridized carbons (Fsp3) is 0.333. The van der Waals surface area contributed by atoms with E-state index in [1.54, 1.807) is 0 Å². The van der Waals surface area contributed by atoms with Gasteiger partial charge in [0.15, 0.2) is 0 Å². The maximum atomic E-state index is 12.7. The van der Waals surface area contributed by atoms with Crippen molar-refractivity contribution in [1.29, 1.82) is 0 Å². The second-order valence-corrected chi connectivity index (χ2v) is 3.74.